The number of rotatable bonds is 7. The Morgan fingerprint density at radius 2 is 2.11 bits per heavy atom. The quantitative estimate of drug-likeness (QED) is 0.571. The van der Waals surface area contributed by atoms with E-state index < -0.39 is 10.0 Å². The first-order valence-electron chi connectivity index (χ1n) is 5.78. The number of hydrogen-bond donors (Lipinski definition) is 3. The number of carbonyl (C=O) groups is 1. The van der Waals surface area contributed by atoms with Crippen LogP contribution in [0.2, 0.25) is 0 Å². The molecule has 0 saturated carbocycles. The van der Waals surface area contributed by atoms with Crippen LogP contribution in [-0.4, -0.2) is 38.7 Å². The fraction of sp³-hybridized carbons (Fsp3) is 0.455. The molecular formula is C11H18N4O3S. The number of nitrogens with zero attached hydrogens (tertiary/aromatic N) is 1. The summed E-state index contributed by atoms with van der Waals surface area (Å²) >= 11 is 0. The van der Waals surface area contributed by atoms with Crippen LogP contribution >= 0.6 is 0 Å². The number of carbonyl (C=O) groups excluding carboxylic acids is 1. The lowest BCUT2D eigenvalue weighted by molar-refractivity contribution is -0.120. The molecule has 1 heterocycles. The SMILES string of the molecule is CS(=O)(=O)NCCCNC(=O)Cc1ccc(N)cn1. The van der Waals surface area contributed by atoms with E-state index in [0.29, 0.717) is 30.9 Å². The number of pyridine rings is 1. The van der Waals surface area contributed by atoms with Crippen LogP contribution in [-0.2, 0) is 21.2 Å². The van der Waals surface area contributed by atoms with Gasteiger partial charge < -0.3 is 11.1 Å². The lowest BCUT2D eigenvalue weighted by atomic mass is 10.2. The summed E-state index contributed by atoms with van der Waals surface area (Å²) in [7, 11) is -3.16. The van der Waals surface area contributed by atoms with Crippen molar-refractivity contribution in [3.05, 3.63) is 24.0 Å². The first-order valence-corrected chi connectivity index (χ1v) is 7.68. The summed E-state index contributed by atoms with van der Waals surface area (Å²) in [4.78, 5) is 15.6. The molecule has 106 valence electrons. The van der Waals surface area contributed by atoms with Crippen molar-refractivity contribution in [2.24, 2.45) is 0 Å². The van der Waals surface area contributed by atoms with Gasteiger partial charge in [0, 0.05) is 18.8 Å². The van der Waals surface area contributed by atoms with Gasteiger partial charge in [-0.05, 0) is 18.6 Å². The van der Waals surface area contributed by atoms with Crippen LogP contribution in [0.25, 0.3) is 0 Å². The molecule has 1 aromatic rings. The average Bonchev–Trinajstić information content (AvgIpc) is 2.30. The Labute approximate surface area is 112 Å². The van der Waals surface area contributed by atoms with Crippen LogP contribution in [0, 0.1) is 0 Å². The van der Waals surface area contributed by atoms with E-state index in [-0.39, 0.29) is 12.3 Å². The molecule has 19 heavy (non-hydrogen) atoms. The highest BCUT2D eigenvalue weighted by Crippen LogP contribution is 2.01. The van der Waals surface area contributed by atoms with Gasteiger partial charge >= 0.3 is 0 Å². The van der Waals surface area contributed by atoms with Crippen LogP contribution < -0.4 is 15.8 Å². The lowest BCUT2D eigenvalue weighted by Crippen LogP contribution is -2.30. The lowest BCUT2D eigenvalue weighted by Gasteiger charge is -2.05. The van der Waals surface area contributed by atoms with Crippen LogP contribution in [0.5, 0.6) is 0 Å². The van der Waals surface area contributed by atoms with Gasteiger partial charge in [-0.1, -0.05) is 0 Å². The highest BCUT2D eigenvalue weighted by molar-refractivity contribution is 7.88. The van der Waals surface area contributed by atoms with Gasteiger partial charge in [-0.2, -0.15) is 0 Å². The molecule has 0 aliphatic carbocycles. The standard InChI is InChI=1S/C11H18N4O3S/c1-19(17,18)15-6-2-5-13-11(16)7-10-4-3-9(12)8-14-10/h3-4,8,15H,2,5-7,12H2,1H3,(H,13,16). The molecule has 0 saturated heterocycles. The summed E-state index contributed by atoms with van der Waals surface area (Å²) in [5.41, 5.74) is 6.68. The van der Waals surface area contributed by atoms with Crippen molar-refractivity contribution in [3.63, 3.8) is 0 Å². The van der Waals surface area contributed by atoms with Crippen molar-refractivity contribution in [1.29, 1.82) is 0 Å². The molecule has 0 bridgehead atoms. The Balaban J connectivity index is 2.20. The molecule has 0 radical (unpaired) electrons. The van der Waals surface area contributed by atoms with Crippen LogP contribution in [0.4, 0.5) is 5.69 Å². The largest absolute Gasteiger partial charge is 0.397 e. The number of nitrogens with two attached hydrogens (primary N) is 1. The Morgan fingerprint density at radius 1 is 1.37 bits per heavy atom. The highest BCUT2D eigenvalue weighted by atomic mass is 32.2. The number of sulfonamides is 1. The Morgan fingerprint density at radius 3 is 2.68 bits per heavy atom. The minimum atomic E-state index is -3.16. The number of hydrogen-bond acceptors (Lipinski definition) is 5. The predicted octanol–water partition coefficient (Wildman–Crippen LogP) is -0.738. The summed E-state index contributed by atoms with van der Waals surface area (Å²) in [6.45, 7) is 0.718. The van der Waals surface area contributed by atoms with Crippen molar-refractivity contribution in [2.75, 3.05) is 25.1 Å². The molecular weight excluding hydrogens is 268 g/mol. The van der Waals surface area contributed by atoms with Crippen molar-refractivity contribution < 1.29 is 13.2 Å². The summed E-state index contributed by atoms with van der Waals surface area (Å²) < 4.78 is 23.9. The van der Waals surface area contributed by atoms with Crippen molar-refractivity contribution >= 4 is 21.6 Å². The van der Waals surface area contributed by atoms with Gasteiger partial charge in [-0.3, -0.25) is 9.78 Å². The fourth-order valence-electron chi connectivity index (χ4n) is 1.34. The van der Waals surface area contributed by atoms with E-state index in [4.69, 9.17) is 5.73 Å². The van der Waals surface area contributed by atoms with Crippen molar-refractivity contribution in [2.45, 2.75) is 12.8 Å². The van der Waals surface area contributed by atoms with Gasteiger partial charge in [0.2, 0.25) is 15.9 Å². The minimum absolute atomic E-state index is 0.156. The van der Waals surface area contributed by atoms with Crippen LogP contribution in [0.3, 0.4) is 0 Å². The van der Waals surface area contributed by atoms with E-state index in [1.165, 1.54) is 6.20 Å². The molecule has 0 spiro atoms. The average molecular weight is 286 g/mol. The second-order valence-corrected chi connectivity index (χ2v) is 5.96. The molecule has 8 heteroatoms. The predicted molar refractivity (Wildman–Crippen MR) is 72.8 cm³/mol. The maximum absolute atomic E-state index is 11.5. The third kappa shape index (κ3) is 7.37. The Bertz CT molecular complexity index is 513. The minimum Gasteiger partial charge on any atom is -0.397 e. The maximum atomic E-state index is 11.5. The Kier molecular flexibility index (Phi) is 5.71. The molecule has 7 nitrogen and oxygen atoms in total. The van der Waals surface area contributed by atoms with Gasteiger partial charge in [0.15, 0.2) is 0 Å². The summed E-state index contributed by atoms with van der Waals surface area (Å²) in [5.74, 6) is -0.156. The molecule has 0 fully saturated rings. The summed E-state index contributed by atoms with van der Waals surface area (Å²) in [6, 6.07) is 3.38. The number of aromatic nitrogens is 1. The zero-order valence-electron chi connectivity index (χ0n) is 10.7. The van der Waals surface area contributed by atoms with Gasteiger partial charge in [-0.25, -0.2) is 13.1 Å². The van der Waals surface area contributed by atoms with Crippen molar-refractivity contribution in [3.8, 4) is 0 Å². The van der Waals surface area contributed by atoms with E-state index in [1.807, 2.05) is 0 Å². The van der Waals surface area contributed by atoms with E-state index in [1.54, 1.807) is 12.1 Å². The zero-order valence-corrected chi connectivity index (χ0v) is 11.5. The highest BCUT2D eigenvalue weighted by Gasteiger charge is 2.04. The monoisotopic (exact) mass is 286 g/mol. The van der Waals surface area contributed by atoms with Gasteiger partial charge in [0.25, 0.3) is 0 Å². The molecule has 1 rings (SSSR count). The number of nitrogens with one attached hydrogen (secondary N) is 2. The molecule has 4 N–H and O–H groups in total. The van der Waals surface area contributed by atoms with Crippen molar-refractivity contribution in [1.82, 2.24) is 15.0 Å². The Hall–Kier alpha value is -1.67. The van der Waals surface area contributed by atoms with Gasteiger partial charge in [-0.15, -0.1) is 0 Å². The normalized spacial score (nSPS) is 11.2. The van der Waals surface area contributed by atoms with E-state index >= 15 is 0 Å². The fourth-order valence-corrected chi connectivity index (χ4v) is 1.86. The molecule has 0 aromatic carbocycles. The molecule has 0 unspecified atom stereocenters. The summed E-state index contributed by atoms with van der Waals surface area (Å²) in [5, 5.41) is 2.69. The third-order valence-electron chi connectivity index (χ3n) is 2.23. The first kappa shape index (κ1) is 15.4. The maximum Gasteiger partial charge on any atom is 0.226 e. The van der Waals surface area contributed by atoms with Gasteiger partial charge in [0.05, 0.1) is 24.6 Å². The van der Waals surface area contributed by atoms with E-state index in [2.05, 4.69) is 15.0 Å². The van der Waals surface area contributed by atoms with E-state index in [0.717, 1.165) is 6.26 Å². The zero-order chi connectivity index (χ0) is 14.3. The number of nitrogen functional groups attached to an aromatic ring is 1. The second kappa shape index (κ2) is 7.05. The second-order valence-electron chi connectivity index (χ2n) is 4.13. The van der Waals surface area contributed by atoms with Crippen LogP contribution in [0.15, 0.2) is 18.3 Å². The smallest absolute Gasteiger partial charge is 0.226 e. The summed E-state index contributed by atoms with van der Waals surface area (Å²) in [6.07, 6.45) is 3.31. The molecule has 0 aliphatic rings. The third-order valence-corrected chi connectivity index (χ3v) is 2.96. The number of anilines is 1. The topological polar surface area (TPSA) is 114 Å². The van der Waals surface area contributed by atoms with Crippen LogP contribution in [0.1, 0.15) is 12.1 Å². The first-order chi connectivity index (χ1) is 8.87. The van der Waals surface area contributed by atoms with Gasteiger partial charge in [0.1, 0.15) is 0 Å². The number of amides is 1. The molecule has 0 aliphatic heterocycles. The molecule has 1 amide bonds. The molecule has 0 atom stereocenters. The van der Waals surface area contributed by atoms with E-state index in [9.17, 15) is 13.2 Å². The molecule has 1 aromatic heterocycles.